The van der Waals surface area contributed by atoms with Gasteiger partial charge in [-0.25, -0.2) is 0 Å². The largest absolute Gasteiger partial charge is 0.397 e. The van der Waals surface area contributed by atoms with Crippen molar-refractivity contribution >= 4 is 9.90 Å². The average Bonchev–Trinajstić information content (AvgIpc) is 0.918. The van der Waals surface area contributed by atoms with E-state index in [2.05, 4.69) is 0 Å². The van der Waals surface area contributed by atoms with Crippen LogP contribution in [0.1, 0.15) is 6.92 Å². The topological polar surface area (TPSA) is 20.2 Å². The molecule has 0 saturated carbocycles. The van der Waals surface area contributed by atoms with Gasteiger partial charge in [0.1, 0.15) is 0 Å². The monoisotopic (exact) mass is 186 g/mol. The Labute approximate surface area is 49.4 Å². The summed E-state index contributed by atoms with van der Waals surface area (Å²) < 4.78 is 0. The fourth-order valence-electron chi connectivity index (χ4n) is 0. The van der Waals surface area contributed by atoms with Crippen molar-refractivity contribution in [3.63, 3.8) is 0 Å². The molecule has 0 heterocycles. The molecule has 1 atom stereocenters. The van der Waals surface area contributed by atoms with Gasteiger partial charge in [0.05, 0.1) is 0 Å². The van der Waals surface area contributed by atoms with Crippen LogP contribution in [0.5, 0.6) is 0 Å². The molecule has 0 aliphatic heterocycles. The van der Waals surface area contributed by atoms with Crippen LogP contribution in [0.25, 0.3) is 0 Å². The molecule has 3 heteroatoms. The molecule has 0 aliphatic rings. The van der Waals surface area contributed by atoms with E-state index < -0.39 is 0 Å². The molecule has 0 bridgehead atoms. The number of aliphatic hydroxyl groups excluding tert-OH is 1. The molecule has 0 aliphatic carbocycles. The maximum absolute atomic E-state index is 7.57. The fraction of sp³-hybridized carbons (Fsp3) is 1.00. The van der Waals surface area contributed by atoms with Crippen molar-refractivity contribution in [2.75, 3.05) is 6.61 Å². The van der Waals surface area contributed by atoms with Gasteiger partial charge in [0, 0.05) is 27.0 Å². The third-order valence-corrected chi connectivity index (χ3v) is 0. The van der Waals surface area contributed by atoms with Crippen molar-refractivity contribution in [3.05, 3.63) is 0 Å². The second-order valence-electron chi connectivity index (χ2n) is 0.316. The van der Waals surface area contributed by atoms with Crippen molar-refractivity contribution in [2.45, 2.75) is 6.92 Å². The van der Waals surface area contributed by atoms with Crippen LogP contribution in [0, 0.1) is 0 Å². The van der Waals surface area contributed by atoms with E-state index in [4.69, 9.17) is 5.11 Å². The van der Waals surface area contributed by atoms with Gasteiger partial charge >= 0.3 is 0 Å². The molecule has 1 N–H and O–H groups in total. The zero-order valence-electron chi connectivity index (χ0n) is 3.18. The summed E-state index contributed by atoms with van der Waals surface area (Å²) in [6.45, 7) is 1.93. The van der Waals surface area contributed by atoms with Crippen LogP contribution in [0.15, 0.2) is 0 Å². The van der Waals surface area contributed by atoms with E-state index in [-0.39, 0.29) is 36.9 Å². The Kier molecular flexibility index (Phi) is 65.3. The smallest absolute Gasteiger partial charge is 0.0402 e. The minimum absolute atomic E-state index is 0. The molecule has 0 rings (SSSR count). The molecule has 0 aromatic heterocycles. The summed E-state index contributed by atoms with van der Waals surface area (Å²) in [5, 5.41) is 7.57. The van der Waals surface area contributed by atoms with Crippen LogP contribution in [0.4, 0.5) is 0 Å². The SMILES string of the molecule is CCO.P.[Pd]. The van der Waals surface area contributed by atoms with E-state index in [1.807, 2.05) is 0 Å². The van der Waals surface area contributed by atoms with Crippen LogP contribution in [-0.2, 0) is 20.4 Å². The summed E-state index contributed by atoms with van der Waals surface area (Å²) in [6.07, 6.45) is 0. The van der Waals surface area contributed by atoms with Gasteiger partial charge in [-0.15, -0.1) is 0 Å². The van der Waals surface area contributed by atoms with Gasteiger partial charge in [-0.3, -0.25) is 0 Å². The van der Waals surface area contributed by atoms with Gasteiger partial charge in [0.2, 0.25) is 0 Å². The number of rotatable bonds is 0. The Hall–Kier alpha value is 1.05. The fourth-order valence-corrected chi connectivity index (χ4v) is 0. The van der Waals surface area contributed by atoms with E-state index in [0.717, 1.165) is 0 Å². The first-order valence-corrected chi connectivity index (χ1v) is 1.02. The summed E-state index contributed by atoms with van der Waals surface area (Å²) in [4.78, 5) is 0. The zero-order valence-corrected chi connectivity index (χ0v) is 6.15. The van der Waals surface area contributed by atoms with Crippen molar-refractivity contribution in [1.82, 2.24) is 0 Å². The molecule has 38 valence electrons. The van der Waals surface area contributed by atoms with Crippen molar-refractivity contribution in [3.8, 4) is 0 Å². The van der Waals surface area contributed by atoms with Gasteiger partial charge in [0.25, 0.3) is 0 Å². The van der Waals surface area contributed by atoms with Gasteiger partial charge in [-0.1, -0.05) is 0 Å². The molecular weight excluding hydrogens is 177 g/mol. The predicted molar refractivity (Wildman–Crippen MR) is 23.9 cm³/mol. The maximum Gasteiger partial charge on any atom is 0.0402 e. The van der Waals surface area contributed by atoms with Crippen LogP contribution in [0.3, 0.4) is 0 Å². The standard InChI is InChI=1S/C2H6O.H3P.Pd/c1-2-3;;/h3H,2H2,1H3;1H3;. The van der Waals surface area contributed by atoms with E-state index in [9.17, 15) is 0 Å². The van der Waals surface area contributed by atoms with Crippen molar-refractivity contribution in [2.24, 2.45) is 0 Å². The maximum atomic E-state index is 7.57. The number of hydrogen-bond donors (Lipinski definition) is 1. The Morgan fingerprint density at radius 1 is 1.60 bits per heavy atom. The van der Waals surface area contributed by atoms with Crippen molar-refractivity contribution in [1.29, 1.82) is 0 Å². The second kappa shape index (κ2) is 19.7. The molecule has 0 aromatic carbocycles. The van der Waals surface area contributed by atoms with Crippen LogP contribution < -0.4 is 0 Å². The Morgan fingerprint density at radius 3 is 1.60 bits per heavy atom. The third kappa shape index (κ3) is 42.5. The quantitative estimate of drug-likeness (QED) is 0.419. The summed E-state index contributed by atoms with van der Waals surface area (Å²) in [5.41, 5.74) is 0. The first-order chi connectivity index (χ1) is 1.41. The Balaban J connectivity index is -0.0000000200. The molecule has 1 nitrogen and oxygen atoms in total. The van der Waals surface area contributed by atoms with Crippen molar-refractivity contribution < 1.29 is 25.5 Å². The normalized spacial score (nSPS) is 3.60. The molecule has 0 radical (unpaired) electrons. The second-order valence-corrected chi connectivity index (χ2v) is 0.316. The van der Waals surface area contributed by atoms with Crippen LogP contribution >= 0.6 is 9.90 Å². The summed E-state index contributed by atoms with van der Waals surface area (Å²) in [7, 11) is 0. The first-order valence-electron chi connectivity index (χ1n) is 1.02. The molecule has 0 amide bonds. The van der Waals surface area contributed by atoms with E-state index >= 15 is 0 Å². The van der Waals surface area contributed by atoms with Crippen LogP contribution in [0.2, 0.25) is 0 Å². The summed E-state index contributed by atoms with van der Waals surface area (Å²) >= 11 is 0. The zero-order chi connectivity index (χ0) is 2.71. The number of aliphatic hydroxyl groups is 1. The van der Waals surface area contributed by atoms with E-state index in [1.165, 1.54) is 0 Å². The van der Waals surface area contributed by atoms with Gasteiger partial charge in [0.15, 0.2) is 0 Å². The summed E-state index contributed by atoms with van der Waals surface area (Å²) in [5.74, 6) is 0. The van der Waals surface area contributed by atoms with Gasteiger partial charge in [-0.2, -0.15) is 9.90 Å². The minimum Gasteiger partial charge on any atom is -0.397 e. The minimum atomic E-state index is 0. The molecule has 0 aromatic rings. The van der Waals surface area contributed by atoms with E-state index in [1.54, 1.807) is 6.92 Å². The third-order valence-electron chi connectivity index (χ3n) is 0. The molecular formula is C2H9OPPd. The molecule has 5 heavy (non-hydrogen) atoms. The van der Waals surface area contributed by atoms with Crippen LogP contribution in [-0.4, -0.2) is 11.7 Å². The molecule has 1 unspecified atom stereocenters. The Morgan fingerprint density at radius 2 is 1.60 bits per heavy atom. The molecule has 0 fully saturated rings. The number of hydrogen-bond acceptors (Lipinski definition) is 1. The average molecular weight is 186 g/mol. The van der Waals surface area contributed by atoms with E-state index in [0.29, 0.717) is 0 Å². The van der Waals surface area contributed by atoms with Gasteiger partial charge < -0.3 is 5.11 Å². The Bertz CT molecular complexity index is 9.61. The van der Waals surface area contributed by atoms with Gasteiger partial charge in [-0.05, 0) is 6.92 Å². The predicted octanol–water partition coefficient (Wildman–Crippen LogP) is 0.0542. The summed E-state index contributed by atoms with van der Waals surface area (Å²) in [6, 6.07) is 0. The first kappa shape index (κ1) is 16.6. The molecule has 0 saturated heterocycles. The molecule has 0 spiro atoms.